The summed E-state index contributed by atoms with van der Waals surface area (Å²) >= 11 is 3.33. The third-order valence-corrected chi connectivity index (χ3v) is 3.18. The molecule has 0 aliphatic carbocycles. The molecule has 5 nitrogen and oxygen atoms in total. The van der Waals surface area contributed by atoms with Gasteiger partial charge in [0, 0.05) is 29.2 Å². The van der Waals surface area contributed by atoms with Gasteiger partial charge in [0.1, 0.15) is 0 Å². The van der Waals surface area contributed by atoms with Crippen molar-refractivity contribution >= 4 is 21.6 Å². The van der Waals surface area contributed by atoms with Gasteiger partial charge in [-0.05, 0) is 32.5 Å². The molecule has 0 radical (unpaired) electrons. The van der Waals surface area contributed by atoms with Crippen molar-refractivity contribution in [1.29, 1.82) is 0 Å². The average Bonchev–Trinajstić information content (AvgIpc) is 2.25. The van der Waals surface area contributed by atoms with Crippen LogP contribution >= 0.6 is 15.9 Å². The highest BCUT2D eigenvalue weighted by molar-refractivity contribution is 9.10. The molecule has 0 saturated carbocycles. The molecule has 1 rings (SSSR count). The van der Waals surface area contributed by atoms with Crippen LogP contribution in [0.2, 0.25) is 0 Å². The molecule has 0 fully saturated rings. The molecule has 0 aliphatic rings. The van der Waals surface area contributed by atoms with Crippen LogP contribution in [0.3, 0.4) is 0 Å². The van der Waals surface area contributed by atoms with Crippen molar-refractivity contribution in [3.8, 4) is 0 Å². The summed E-state index contributed by atoms with van der Waals surface area (Å²) in [4.78, 5) is 12.6. The molecule has 0 aromatic heterocycles. The molecule has 0 heterocycles. The van der Waals surface area contributed by atoms with Crippen molar-refractivity contribution in [1.82, 2.24) is 4.90 Å². The monoisotopic (exact) mass is 330 g/mol. The maximum absolute atomic E-state index is 11.0. The van der Waals surface area contributed by atoms with E-state index in [1.807, 2.05) is 11.8 Å². The third kappa shape index (κ3) is 5.26. The van der Waals surface area contributed by atoms with E-state index in [9.17, 15) is 15.2 Å². The molecule has 0 spiro atoms. The van der Waals surface area contributed by atoms with E-state index < -0.39 is 5.60 Å². The lowest BCUT2D eigenvalue weighted by atomic mass is 10.1. The van der Waals surface area contributed by atoms with E-state index in [-0.39, 0.29) is 10.6 Å². The molecule has 0 bridgehead atoms. The zero-order chi connectivity index (χ0) is 14.6. The minimum Gasteiger partial charge on any atom is -0.389 e. The van der Waals surface area contributed by atoms with E-state index >= 15 is 0 Å². The summed E-state index contributed by atoms with van der Waals surface area (Å²) < 4.78 is 0.812. The number of nitrogens with zero attached hydrogens (tertiary/aromatic N) is 2. The Hall–Kier alpha value is -0.980. The Morgan fingerprint density at radius 3 is 2.58 bits per heavy atom. The van der Waals surface area contributed by atoms with Crippen LogP contribution in [0, 0.1) is 10.1 Å². The topological polar surface area (TPSA) is 66.6 Å². The first-order valence-corrected chi connectivity index (χ1v) is 6.90. The molecule has 0 saturated heterocycles. The van der Waals surface area contributed by atoms with Gasteiger partial charge in [0.05, 0.1) is 10.5 Å². The quantitative estimate of drug-likeness (QED) is 0.643. The molecule has 1 aromatic carbocycles. The fourth-order valence-corrected chi connectivity index (χ4v) is 2.33. The van der Waals surface area contributed by atoms with Crippen molar-refractivity contribution in [3.63, 3.8) is 0 Å². The normalized spacial score (nSPS) is 11.9. The van der Waals surface area contributed by atoms with E-state index in [4.69, 9.17) is 0 Å². The number of rotatable bonds is 6. The van der Waals surface area contributed by atoms with Gasteiger partial charge in [-0.3, -0.25) is 15.0 Å². The first kappa shape index (κ1) is 16.1. The number of nitro benzene ring substituents is 1. The van der Waals surface area contributed by atoms with Crippen LogP contribution in [-0.2, 0) is 6.54 Å². The molecule has 6 heteroatoms. The van der Waals surface area contributed by atoms with E-state index in [1.165, 1.54) is 6.07 Å². The van der Waals surface area contributed by atoms with Crippen molar-refractivity contribution < 1.29 is 10.0 Å². The second-order valence-corrected chi connectivity index (χ2v) is 6.06. The van der Waals surface area contributed by atoms with Gasteiger partial charge in [-0.2, -0.15) is 0 Å². The molecule has 0 atom stereocenters. The van der Waals surface area contributed by atoms with E-state index in [0.29, 0.717) is 25.2 Å². The lowest BCUT2D eigenvalue weighted by Crippen LogP contribution is -2.38. The SMILES string of the molecule is CCN(Cc1cc(Br)ccc1[N+](=O)[O-])CC(C)(C)O. The molecule has 0 aliphatic heterocycles. The molecule has 106 valence electrons. The highest BCUT2D eigenvalue weighted by atomic mass is 79.9. The minimum absolute atomic E-state index is 0.109. The van der Waals surface area contributed by atoms with Crippen LogP contribution in [0.4, 0.5) is 5.69 Å². The van der Waals surface area contributed by atoms with E-state index in [0.717, 1.165) is 4.47 Å². The number of likely N-dealkylation sites (N-methyl/N-ethyl adjacent to an activating group) is 1. The summed E-state index contributed by atoms with van der Waals surface area (Å²) in [6.07, 6.45) is 0. The van der Waals surface area contributed by atoms with E-state index in [2.05, 4.69) is 15.9 Å². The van der Waals surface area contributed by atoms with Crippen LogP contribution < -0.4 is 0 Å². The fraction of sp³-hybridized carbons (Fsp3) is 0.538. The van der Waals surface area contributed by atoms with Crippen LogP contribution in [-0.4, -0.2) is 33.6 Å². The standard InChI is InChI=1S/C13H19BrN2O3/c1-4-15(9-13(2,3)17)8-10-7-11(14)5-6-12(10)16(18)19/h5-7,17H,4,8-9H2,1-3H3. The second kappa shape index (κ2) is 6.45. The van der Waals surface area contributed by atoms with Crippen LogP contribution in [0.25, 0.3) is 0 Å². The first-order chi connectivity index (χ1) is 8.73. The van der Waals surface area contributed by atoms with Crippen molar-refractivity contribution in [2.45, 2.75) is 32.9 Å². The van der Waals surface area contributed by atoms with E-state index in [1.54, 1.807) is 26.0 Å². The predicted molar refractivity (Wildman–Crippen MR) is 78.0 cm³/mol. The first-order valence-electron chi connectivity index (χ1n) is 6.10. The van der Waals surface area contributed by atoms with Gasteiger partial charge >= 0.3 is 0 Å². The zero-order valence-corrected chi connectivity index (χ0v) is 13.0. The minimum atomic E-state index is -0.823. The molecule has 0 unspecified atom stereocenters. The van der Waals surface area contributed by atoms with Gasteiger partial charge in [0.2, 0.25) is 0 Å². The van der Waals surface area contributed by atoms with Crippen molar-refractivity contribution in [2.24, 2.45) is 0 Å². The lowest BCUT2D eigenvalue weighted by Gasteiger charge is -2.27. The van der Waals surface area contributed by atoms with Crippen LogP contribution in [0.15, 0.2) is 22.7 Å². The Kier molecular flexibility index (Phi) is 5.46. The van der Waals surface area contributed by atoms with Crippen LogP contribution in [0.5, 0.6) is 0 Å². The summed E-state index contributed by atoms with van der Waals surface area (Å²) in [5.41, 5.74) is -0.0700. The second-order valence-electron chi connectivity index (χ2n) is 5.15. The highest BCUT2D eigenvalue weighted by Crippen LogP contribution is 2.24. The number of hydrogen-bond acceptors (Lipinski definition) is 4. The van der Waals surface area contributed by atoms with Gasteiger partial charge in [-0.25, -0.2) is 0 Å². The van der Waals surface area contributed by atoms with Gasteiger partial charge in [0.25, 0.3) is 5.69 Å². The maximum Gasteiger partial charge on any atom is 0.273 e. The van der Waals surface area contributed by atoms with Crippen LogP contribution in [0.1, 0.15) is 26.3 Å². The average molecular weight is 331 g/mol. The predicted octanol–water partition coefficient (Wildman–Crippen LogP) is 2.95. The molecule has 1 N–H and O–H groups in total. The van der Waals surface area contributed by atoms with Crippen molar-refractivity contribution in [2.75, 3.05) is 13.1 Å². The van der Waals surface area contributed by atoms with Gasteiger partial charge in [-0.1, -0.05) is 22.9 Å². The summed E-state index contributed by atoms with van der Waals surface area (Å²) in [7, 11) is 0. The summed E-state index contributed by atoms with van der Waals surface area (Å²) in [5.74, 6) is 0. The Morgan fingerprint density at radius 2 is 2.11 bits per heavy atom. The summed E-state index contributed by atoms with van der Waals surface area (Å²) in [6.45, 7) is 7.04. The largest absolute Gasteiger partial charge is 0.389 e. The van der Waals surface area contributed by atoms with Crippen molar-refractivity contribution in [3.05, 3.63) is 38.3 Å². The lowest BCUT2D eigenvalue weighted by molar-refractivity contribution is -0.385. The number of nitro groups is 1. The summed E-state index contributed by atoms with van der Waals surface area (Å²) in [5, 5.41) is 20.9. The van der Waals surface area contributed by atoms with Gasteiger partial charge < -0.3 is 5.11 Å². The number of benzene rings is 1. The molecule has 0 amide bonds. The molecule has 1 aromatic rings. The zero-order valence-electron chi connectivity index (χ0n) is 11.4. The summed E-state index contributed by atoms with van der Waals surface area (Å²) in [6, 6.07) is 4.91. The maximum atomic E-state index is 11.0. The molecule has 19 heavy (non-hydrogen) atoms. The molecular weight excluding hydrogens is 312 g/mol. The fourth-order valence-electron chi connectivity index (χ4n) is 1.93. The number of halogens is 1. The van der Waals surface area contributed by atoms with Gasteiger partial charge in [0.15, 0.2) is 0 Å². The highest BCUT2D eigenvalue weighted by Gasteiger charge is 2.21. The Morgan fingerprint density at radius 1 is 1.47 bits per heavy atom. The van der Waals surface area contributed by atoms with Gasteiger partial charge in [-0.15, -0.1) is 0 Å². The Balaban J connectivity index is 2.96. The number of aliphatic hydroxyl groups is 1. The number of hydrogen-bond donors (Lipinski definition) is 1. The third-order valence-electron chi connectivity index (χ3n) is 2.69. The Bertz CT molecular complexity index is 458. The Labute approximate surface area is 121 Å². The smallest absolute Gasteiger partial charge is 0.273 e. The molecular formula is C13H19BrN2O3.